The minimum absolute atomic E-state index is 0.00779. The van der Waals surface area contributed by atoms with Crippen LogP contribution in [0, 0.1) is 17.8 Å². The van der Waals surface area contributed by atoms with Crippen molar-refractivity contribution in [2.24, 2.45) is 23.5 Å². The largest absolute Gasteiger partial charge is 0.391 e. The van der Waals surface area contributed by atoms with Crippen LogP contribution in [0.2, 0.25) is 0 Å². The molecule has 6 nitrogen and oxygen atoms in total. The van der Waals surface area contributed by atoms with Gasteiger partial charge in [-0.3, -0.25) is 4.79 Å². The smallest absolute Gasteiger partial charge is 0.223 e. The van der Waals surface area contributed by atoms with E-state index in [4.69, 9.17) is 15.2 Å². The Balaban J connectivity index is 2.46. The Labute approximate surface area is 165 Å². The number of amides is 1. The molecule has 6 heteroatoms. The molecule has 27 heavy (non-hydrogen) atoms. The lowest BCUT2D eigenvalue weighted by atomic mass is 9.89. The first-order valence-electron chi connectivity index (χ1n) is 10.7. The van der Waals surface area contributed by atoms with Crippen LogP contribution >= 0.6 is 0 Å². The zero-order chi connectivity index (χ0) is 20.2. The van der Waals surface area contributed by atoms with Crippen molar-refractivity contribution >= 4 is 5.91 Å². The second-order valence-corrected chi connectivity index (χ2v) is 8.74. The van der Waals surface area contributed by atoms with Gasteiger partial charge >= 0.3 is 0 Å². The highest BCUT2D eigenvalue weighted by Crippen LogP contribution is 2.20. The maximum absolute atomic E-state index is 12.6. The normalized spacial score (nSPS) is 21.3. The van der Waals surface area contributed by atoms with Gasteiger partial charge in [0, 0.05) is 31.7 Å². The van der Waals surface area contributed by atoms with Crippen molar-refractivity contribution in [1.29, 1.82) is 0 Å². The summed E-state index contributed by atoms with van der Waals surface area (Å²) in [6.07, 6.45) is 5.04. The van der Waals surface area contributed by atoms with Gasteiger partial charge in [-0.15, -0.1) is 0 Å². The van der Waals surface area contributed by atoms with Crippen molar-refractivity contribution in [2.45, 2.75) is 91.1 Å². The van der Waals surface area contributed by atoms with Crippen LogP contribution < -0.4 is 11.1 Å². The first-order chi connectivity index (χ1) is 12.8. The molecule has 1 amide bonds. The highest BCUT2D eigenvalue weighted by molar-refractivity contribution is 5.78. The molecular weight excluding hydrogens is 344 g/mol. The number of carbonyl (C=O) groups excluding carboxylic acids is 1. The molecule has 1 aliphatic rings. The molecule has 160 valence electrons. The Morgan fingerprint density at radius 3 is 2.56 bits per heavy atom. The van der Waals surface area contributed by atoms with E-state index in [1.54, 1.807) is 0 Å². The van der Waals surface area contributed by atoms with Gasteiger partial charge in [0.15, 0.2) is 6.29 Å². The summed E-state index contributed by atoms with van der Waals surface area (Å²) >= 11 is 0. The van der Waals surface area contributed by atoms with Gasteiger partial charge in [-0.1, -0.05) is 27.7 Å². The van der Waals surface area contributed by atoms with E-state index in [-0.39, 0.29) is 24.2 Å². The SMILES string of the molecule is CC(C)CNC(=O)C(CCCOC1CCCCO1)C[C@H](O)[C@@H](N)CC(C)C. The Kier molecular flexibility index (Phi) is 12.2. The van der Waals surface area contributed by atoms with Crippen LogP contribution in [0.4, 0.5) is 0 Å². The fourth-order valence-corrected chi connectivity index (χ4v) is 3.36. The number of hydrogen-bond donors (Lipinski definition) is 3. The van der Waals surface area contributed by atoms with Gasteiger partial charge in [-0.05, 0) is 56.8 Å². The monoisotopic (exact) mass is 386 g/mol. The number of aliphatic hydroxyl groups is 1. The van der Waals surface area contributed by atoms with E-state index < -0.39 is 6.10 Å². The Bertz CT molecular complexity index is 398. The molecule has 0 radical (unpaired) electrons. The Morgan fingerprint density at radius 1 is 1.22 bits per heavy atom. The van der Waals surface area contributed by atoms with Gasteiger partial charge in [0.05, 0.1) is 6.10 Å². The van der Waals surface area contributed by atoms with Crippen molar-refractivity contribution in [1.82, 2.24) is 5.32 Å². The van der Waals surface area contributed by atoms with Crippen LogP contribution in [0.25, 0.3) is 0 Å². The summed E-state index contributed by atoms with van der Waals surface area (Å²) < 4.78 is 11.3. The summed E-state index contributed by atoms with van der Waals surface area (Å²) in [6, 6.07) is -0.294. The average molecular weight is 387 g/mol. The summed E-state index contributed by atoms with van der Waals surface area (Å²) in [5.41, 5.74) is 6.12. The van der Waals surface area contributed by atoms with Crippen LogP contribution in [0.5, 0.6) is 0 Å². The molecule has 0 aromatic carbocycles. The predicted molar refractivity (Wildman–Crippen MR) is 108 cm³/mol. The van der Waals surface area contributed by atoms with Gasteiger partial charge < -0.3 is 25.6 Å². The zero-order valence-electron chi connectivity index (χ0n) is 17.8. The summed E-state index contributed by atoms with van der Waals surface area (Å²) in [4.78, 5) is 12.6. The molecule has 1 aliphatic heterocycles. The quantitative estimate of drug-likeness (QED) is 0.423. The Morgan fingerprint density at radius 2 is 1.96 bits per heavy atom. The van der Waals surface area contributed by atoms with Gasteiger partial charge in [0.25, 0.3) is 0 Å². The molecular formula is C21H42N2O4. The maximum atomic E-state index is 12.6. The fraction of sp³-hybridized carbons (Fsp3) is 0.952. The number of nitrogens with two attached hydrogens (primary N) is 1. The number of ether oxygens (including phenoxy) is 2. The lowest BCUT2D eigenvalue weighted by molar-refractivity contribution is -0.163. The molecule has 1 heterocycles. The van der Waals surface area contributed by atoms with E-state index in [9.17, 15) is 9.90 Å². The molecule has 0 saturated carbocycles. The molecule has 2 unspecified atom stereocenters. The minimum Gasteiger partial charge on any atom is -0.391 e. The Hall–Kier alpha value is -0.690. The molecule has 1 saturated heterocycles. The number of hydrogen-bond acceptors (Lipinski definition) is 5. The van der Waals surface area contributed by atoms with E-state index in [0.717, 1.165) is 38.7 Å². The molecule has 0 bridgehead atoms. The summed E-state index contributed by atoms with van der Waals surface area (Å²) in [5, 5.41) is 13.5. The van der Waals surface area contributed by atoms with E-state index >= 15 is 0 Å². The molecule has 1 fully saturated rings. The van der Waals surface area contributed by atoms with Crippen LogP contribution in [-0.2, 0) is 14.3 Å². The highest BCUT2D eigenvalue weighted by Gasteiger charge is 2.26. The van der Waals surface area contributed by atoms with Crippen molar-refractivity contribution in [3.8, 4) is 0 Å². The summed E-state index contributed by atoms with van der Waals surface area (Å²) in [6.45, 7) is 10.3. The maximum Gasteiger partial charge on any atom is 0.223 e. The summed E-state index contributed by atoms with van der Waals surface area (Å²) in [5.74, 6) is 0.586. The predicted octanol–water partition coefficient (Wildman–Crippen LogP) is 2.82. The molecule has 0 aliphatic carbocycles. The van der Waals surface area contributed by atoms with E-state index in [0.29, 0.717) is 37.8 Å². The molecule has 4 N–H and O–H groups in total. The van der Waals surface area contributed by atoms with Gasteiger partial charge in [0.1, 0.15) is 0 Å². The first-order valence-corrected chi connectivity index (χ1v) is 10.7. The standard InChI is InChI=1S/C21H42N2O4/c1-15(2)12-18(22)19(24)13-17(21(25)23-14-16(3)4)8-7-11-27-20-9-5-6-10-26-20/h15-20,24H,5-14,22H2,1-4H3,(H,23,25)/t17?,18-,19-,20?/m0/s1. The second kappa shape index (κ2) is 13.5. The van der Waals surface area contributed by atoms with Crippen molar-refractivity contribution in [3.05, 3.63) is 0 Å². The fourth-order valence-electron chi connectivity index (χ4n) is 3.36. The van der Waals surface area contributed by atoms with E-state index in [2.05, 4.69) is 33.0 Å². The third-order valence-corrected chi connectivity index (χ3v) is 4.96. The third kappa shape index (κ3) is 11.0. The van der Waals surface area contributed by atoms with Crippen LogP contribution in [0.15, 0.2) is 0 Å². The summed E-state index contributed by atoms with van der Waals surface area (Å²) in [7, 11) is 0. The lowest BCUT2D eigenvalue weighted by Gasteiger charge is -2.26. The highest BCUT2D eigenvalue weighted by atomic mass is 16.7. The van der Waals surface area contributed by atoms with Crippen molar-refractivity contribution in [2.75, 3.05) is 19.8 Å². The second-order valence-electron chi connectivity index (χ2n) is 8.74. The third-order valence-electron chi connectivity index (χ3n) is 4.96. The van der Waals surface area contributed by atoms with Gasteiger partial charge in [0.2, 0.25) is 5.91 Å². The van der Waals surface area contributed by atoms with Crippen molar-refractivity contribution in [3.63, 3.8) is 0 Å². The lowest BCUT2D eigenvalue weighted by Crippen LogP contribution is -2.41. The molecule has 0 aromatic rings. The van der Waals surface area contributed by atoms with E-state index in [1.807, 2.05) is 0 Å². The first kappa shape index (κ1) is 24.3. The number of rotatable bonds is 13. The minimum atomic E-state index is -0.662. The molecule has 0 spiro atoms. The van der Waals surface area contributed by atoms with Gasteiger partial charge in [-0.25, -0.2) is 0 Å². The number of carbonyl (C=O) groups is 1. The topological polar surface area (TPSA) is 93.8 Å². The van der Waals surface area contributed by atoms with Crippen LogP contribution in [0.1, 0.15) is 72.6 Å². The average Bonchev–Trinajstić information content (AvgIpc) is 2.62. The van der Waals surface area contributed by atoms with Crippen LogP contribution in [0.3, 0.4) is 0 Å². The molecule has 4 atom stereocenters. The van der Waals surface area contributed by atoms with Gasteiger partial charge in [-0.2, -0.15) is 0 Å². The number of nitrogens with one attached hydrogen (secondary N) is 1. The molecule has 0 aromatic heterocycles. The molecule has 1 rings (SSSR count). The number of aliphatic hydroxyl groups excluding tert-OH is 1. The van der Waals surface area contributed by atoms with Crippen molar-refractivity contribution < 1.29 is 19.4 Å². The van der Waals surface area contributed by atoms with E-state index in [1.165, 1.54) is 0 Å². The zero-order valence-corrected chi connectivity index (χ0v) is 17.8. The van der Waals surface area contributed by atoms with Crippen LogP contribution in [-0.4, -0.2) is 49.2 Å².